The van der Waals surface area contributed by atoms with Crippen LogP contribution in [0, 0.1) is 11.8 Å². The number of anilines is 1. The Labute approximate surface area is 198 Å². The summed E-state index contributed by atoms with van der Waals surface area (Å²) in [5.41, 5.74) is 3.38. The third kappa shape index (κ3) is 3.82. The lowest BCUT2D eigenvalue weighted by Crippen LogP contribution is -2.47. The molecule has 5 rings (SSSR count). The molecule has 6 nitrogen and oxygen atoms in total. The van der Waals surface area contributed by atoms with Crippen LogP contribution in [-0.4, -0.2) is 33.5 Å². The van der Waals surface area contributed by atoms with E-state index < -0.39 is 5.41 Å². The molecule has 1 fully saturated rings. The van der Waals surface area contributed by atoms with Crippen molar-refractivity contribution < 1.29 is 4.79 Å². The van der Waals surface area contributed by atoms with Crippen molar-refractivity contribution in [2.24, 2.45) is 0 Å². The first-order valence-electron chi connectivity index (χ1n) is 11.4. The lowest BCUT2D eigenvalue weighted by molar-refractivity contribution is -0.124. The molecule has 7 heteroatoms. The minimum absolute atomic E-state index is 0.153. The summed E-state index contributed by atoms with van der Waals surface area (Å²) >= 11 is 6.24. The molecule has 0 bridgehead atoms. The summed E-state index contributed by atoms with van der Waals surface area (Å²) in [5, 5.41) is 4.04. The molecule has 1 aromatic carbocycles. The van der Waals surface area contributed by atoms with Gasteiger partial charge < -0.3 is 14.8 Å². The number of aryl methyl sites for hydroxylation is 1. The number of hydrogen-bond donors (Lipinski definition) is 1. The number of aromatic nitrogens is 3. The number of hydrogen-bond acceptors (Lipinski definition) is 4. The number of rotatable bonds is 5. The van der Waals surface area contributed by atoms with Gasteiger partial charge in [-0.05, 0) is 68.3 Å². The van der Waals surface area contributed by atoms with E-state index in [-0.39, 0.29) is 5.91 Å². The van der Waals surface area contributed by atoms with E-state index >= 15 is 0 Å². The van der Waals surface area contributed by atoms with E-state index in [1.54, 1.807) is 12.3 Å². The number of halogens is 1. The van der Waals surface area contributed by atoms with E-state index in [0.717, 1.165) is 73.4 Å². The Hall–Kier alpha value is -3.14. The van der Waals surface area contributed by atoms with Gasteiger partial charge in [0, 0.05) is 24.2 Å². The normalized spacial score (nSPS) is 16.6. The predicted octanol–water partition coefficient (Wildman–Crippen LogP) is 4.22. The number of pyridine rings is 1. The van der Waals surface area contributed by atoms with Crippen LogP contribution < -0.4 is 10.2 Å². The van der Waals surface area contributed by atoms with Gasteiger partial charge in [0.15, 0.2) is 0 Å². The van der Waals surface area contributed by atoms with Crippen LogP contribution in [0.15, 0.2) is 49.3 Å². The number of amides is 1. The molecule has 0 saturated carbocycles. The Morgan fingerprint density at radius 3 is 2.94 bits per heavy atom. The standard InChI is InChI=1S/C26H26ClN5O/c1-2-3-4-5-6-15-31-22-8-7-19(27)16-21(22)30-24(31)18-32-23-17-29-12-9-20(23)26(25(32)33)10-13-28-14-11-26/h2,7-9,12,16-17,28H,1,5-6,10-11,13-15,18H2. The zero-order valence-corrected chi connectivity index (χ0v) is 19.2. The van der Waals surface area contributed by atoms with Gasteiger partial charge in [-0.1, -0.05) is 30.0 Å². The van der Waals surface area contributed by atoms with Crippen molar-refractivity contribution in [1.29, 1.82) is 0 Å². The van der Waals surface area contributed by atoms with Crippen molar-refractivity contribution in [1.82, 2.24) is 19.9 Å². The first-order valence-corrected chi connectivity index (χ1v) is 11.7. The van der Waals surface area contributed by atoms with Gasteiger partial charge in [0.1, 0.15) is 5.82 Å². The maximum Gasteiger partial charge on any atom is 0.238 e. The summed E-state index contributed by atoms with van der Waals surface area (Å²) in [6.45, 7) is 6.48. The number of carbonyl (C=O) groups is 1. The Balaban J connectivity index is 1.51. The lowest BCUT2D eigenvalue weighted by Gasteiger charge is -2.33. The number of carbonyl (C=O) groups excluding carboxylic acids is 1. The average Bonchev–Trinajstić information content (AvgIpc) is 3.28. The van der Waals surface area contributed by atoms with Crippen LogP contribution in [0.5, 0.6) is 0 Å². The summed E-state index contributed by atoms with van der Waals surface area (Å²) in [4.78, 5) is 25.0. The van der Waals surface area contributed by atoms with Crippen molar-refractivity contribution in [3.63, 3.8) is 0 Å². The van der Waals surface area contributed by atoms with Gasteiger partial charge in [-0.3, -0.25) is 9.78 Å². The highest BCUT2D eigenvalue weighted by molar-refractivity contribution is 6.31. The number of fused-ring (bicyclic) bond motifs is 3. The van der Waals surface area contributed by atoms with Gasteiger partial charge >= 0.3 is 0 Å². The molecule has 1 spiro atoms. The van der Waals surface area contributed by atoms with Crippen molar-refractivity contribution in [3.8, 4) is 11.8 Å². The fourth-order valence-electron chi connectivity index (χ4n) is 5.12. The van der Waals surface area contributed by atoms with Gasteiger partial charge in [0.2, 0.25) is 5.91 Å². The molecule has 4 heterocycles. The highest BCUT2D eigenvalue weighted by Gasteiger charge is 2.51. The number of imidazole rings is 1. The van der Waals surface area contributed by atoms with Crippen molar-refractivity contribution in [2.75, 3.05) is 18.0 Å². The molecular formula is C26H26ClN5O. The summed E-state index contributed by atoms with van der Waals surface area (Å²) in [5.74, 6) is 7.01. The van der Waals surface area contributed by atoms with E-state index in [4.69, 9.17) is 16.6 Å². The molecule has 2 aliphatic heterocycles. The van der Waals surface area contributed by atoms with Gasteiger partial charge in [-0.25, -0.2) is 4.98 Å². The molecule has 2 aromatic heterocycles. The number of nitrogens with one attached hydrogen (secondary N) is 1. The highest BCUT2D eigenvalue weighted by atomic mass is 35.5. The number of nitrogens with zero attached hydrogens (tertiary/aromatic N) is 4. The lowest BCUT2D eigenvalue weighted by atomic mass is 9.74. The smallest absolute Gasteiger partial charge is 0.238 e. The molecule has 0 unspecified atom stereocenters. The first kappa shape index (κ1) is 21.7. The summed E-state index contributed by atoms with van der Waals surface area (Å²) < 4.78 is 2.19. The maximum absolute atomic E-state index is 13.8. The monoisotopic (exact) mass is 459 g/mol. The van der Waals surface area contributed by atoms with Crippen molar-refractivity contribution in [2.45, 2.75) is 44.2 Å². The third-order valence-electron chi connectivity index (χ3n) is 6.69. The van der Waals surface area contributed by atoms with E-state index in [1.165, 1.54) is 0 Å². The van der Waals surface area contributed by atoms with Crippen molar-refractivity contribution >= 4 is 34.2 Å². The van der Waals surface area contributed by atoms with Crippen LogP contribution in [-0.2, 0) is 23.3 Å². The molecule has 1 saturated heterocycles. The number of unbranched alkanes of at least 4 members (excludes halogenated alkanes) is 1. The molecular weight excluding hydrogens is 434 g/mol. The first-order chi connectivity index (χ1) is 16.1. The second-order valence-electron chi connectivity index (χ2n) is 8.56. The molecule has 1 amide bonds. The van der Waals surface area contributed by atoms with Crippen LogP contribution in [0.2, 0.25) is 5.02 Å². The highest BCUT2D eigenvalue weighted by Crippen LogP contribution is 2.47. The zero-order chi connectivity index (χ0) is 22.8. The molecule has 3 aromatic rings. The van der Waals surface area contributed by atoms with Gasteiger partial charge in [-0.2, -0.15) is 0 Å². The average molecular weight is 460 g/mol. The topological polar surface area (TPSA) is 63.1 Å². The fraction of sp³-hybridized carbons (Fsp3) is 0.346. The summed E-state index contributed by atoms with van der Waals surface area (Å²) in [6.07, 6.45) is 8.47. The quantitative estimate of drug-likeness (QED) is 0.458. The molecule has 168 valence electrons. The summed E-state index contributed by atoms with van der Waals surface area (Å²) in [6, 6.07) is 7.77. The Morgan fingerprint density at radius 2 is 2.12 bits per heavy atom. The Morgan fingerprint density at radius 1 is 1.27 bits per heavy atom. The van der Waals surface area contributed by atoms with E-state index in [0.29, 0.717) is 11.6 Å². The molecule has 0 aliphatic carbocycles. The van der Waals surface area contributed by atoms with Gasteiger partial charge in [0.25, 0.3) is 0 Å². The van der Waals surface area contributed by atoms with Crippen LogP contribution in [0.3, 0.4) is 0 Å². The fourth-order valence-corrected chi connectivity index (χ4v) is 5.28. The largest absolute Gasteiger partial charge is 0.326 e. The van der Waals surface area contributed by atoms with E-state index in [1.807, 2.05) is 35.4 Å². The second kappa shape index (κ2) is 9.01. The van der Waals surface area contributed by atoms with E-state index in [2.05, 4.69) is 33.3 Å². The zero-order valence-electron chi connectivity index (χ0n) is 18.5. The van der Waals surface area contributed by atoms with Crippen LogP contribution >= 0.6 is 11.6 Å². The number of benzene rings is 1. The van der Waals surface area contributed by atoms with Gasteiger partial charge in [-0.15, -0.1) is 0 Å². The second-order valence-corrected chi connectivity index (χ2v) is 8.99. The molecule has 1 N–H and O–H groups in total. The van der Waals surface area contributed by atoms with Crippen molar-refractivity contribution in [3.05, 3.63) is 65.7 Å². The third-order valence-corrected chi connectivity index (χ3v) is 6.93. The van der Waals surface area contributed by atoms with Crippen LogP contribution in [0.1, 0.15) is 37.1 Å². The molecule has 2 aliphatic rings. The van der Waals surface area contributed by atoms with E-state index in [9.17, 15) is 4.79 Å². The number of allylic oxidation sites excluding steroid dienone is 1. The minimum Gasteiger partial charge on any atom is -0.326 e. The number of piperidine rings is 1. The minimum atomic E-state index is -0.468. The maximum atomic E-state index is 13.8. The van der Waals surface area contributed by atoms with Crippen LogP contribution in [0.25, 0.3) is 11.0 Å². The Bertz CT molecular complexity index is 1280. The van der Waals surface area contributed by atoms with Gasteiger partial charge in [0.05, 0.1) is 34.9 Å². The SMILES string of the molecule is C=CC#CCCCn1c(CN2C(=O)C3(CCNCC3)c3ccncc32)nc2cc(Cl)ccc21. The Kier molecular flexibility index (Phi) is 5.92. The molecule has 0 atom stereocenters. The summed E-state index contributed by atoms with van der Waals surface area (Å²) in [7, 11) is 0. The predicted molar refractivity (Wildman–Crippen MR) is 131 cm³/mol. The molecule has 33 heavy (non-hydrogen) atoms. The van der Waals surface area contributed by atoms with Crippen LogP contribution in [0.4, 0.5) is 5.69 Å². The molecule has 0 radical (unpaired) electrons.